The minimum absolute atomic E-state index is 0.255. The van der Waals surface area contributed by atoms with Gasteiger partial charge in [0, 0.05) is 0 Å². The van der Waals surface area contributed by atoms with Crippen LogP contribution in [0.15, 0.2) is 0 Å². The fourth-order valence-electron chi connectivity index (χ4n) is 1.35. The maximum atomic E-state index is 11.2. The van der Waals surface area contributed by atoms with Gasteiger partial charge < -0.3 is 14.6 Å². The molecule has 0 rings (SSSR count). The van der Waals surface area contributed by atoms with Gasteiger partial charge >= 0.3 is 12.1 Å². The minimum atomic E-state index is -0.914. The van der Waals surface area contributed by atoms with Crippen molar-refractivity contribution in [3.05, 3.63) is 0 Å². The molecule has 0 saturated carbocycles. The maximum absolute atomic E-state index is 11.2. The molecule has 0 fully saturated rings. The van der Waals surface area contributed by atoms with Crippen LogP contribution in [-0.4, -0.2) is 29.9 Å². The van der Waals surface area contributed by atoms with Gasteiger partial charge in [0.15, 0.2) is 0 Å². The third-order valence-electron chi connectivity index (χ3n) is 2.39. The molecule has 5 nitrogen and oxygen atoms in total. The summed E-state index contributed by atoms with van der Waals surface area (Å²) in [6.45, 7) is 7.18. The minimum Gasteiger partial charge on any atom is -0.481 e. The van der Waals surface area contributed by atoms with Gasteiger partial charge in [-0.3, -0.25) is 4.79 Å². The number of carboxylic acid groups (broad SMARTS) is 1. The van der Waals surface area contributed by atoms with E-state index in [-0.39, 0.29) is 6.42 Å². The van der Waals surface area contributed by atoms with Gasteiger partial charge in [-0.1, -0.05) is 13.3 Å². The summed E-state index contributed by atoms with van der Waals surface area (Å²) in [5.74, 6) is -0.910. The average Bonchev–Trinajstić information content (AvgIpc) is 2.16. The molecule has 0 amide bonds. The summed E-state index contributed by atoms with van der Waals surface area (Å²) in [5.41, 5.74) is -0.914. The van der Waals surface area contributed by atoms with Crippen molar-refractivity contribution in [2.75, 3.05) is 6.61 Å². The van der Waals surface area contributed by atoms with E-state index < -0.39 is 23.6 Å². The van der Waals surface area contributed by atoms with Crippen LogP contribution in [0.3, 0.4) is 0 Å². The largest absolute Gasteiger partial charge is 0.508 e. The van der Waals surface area contributed by atoms with E-state index in [2.05, 4.69) is 0 Å². The molecule has 0 saturated heterocycles. The van der Waals surface area contributed by atoms with E-state index in [0.717, 1.165) is 12.8 Å². The lowest BCUT2D eigenvalue weighted by molar-refractivity contribution is -0.148. The van der Waals surface area contributed by atoms with E-state index in [1.54, 1.807) is 20.8 Å². The number of carbonyl (C=O) groups is 2. The number of unbranched alkanes of at least 4 members (excludes halogenated alkanes) is 1. The van der Waals surface area contributed by atoms with Crippen LogP contribution in [0.25, 0.3) is 0 Å². The number of rotatable bonds is 7. The molecule has 0 aliphatic heterocycles. The summed E-state index contributed by atoms with van der Waals surface area (Å²) in [6, 6.07) is 0. The Bertz CT molecular complexity index is 260. The molecule has 0 heterocycles. The molecule has 5 heteroatoms. The highest BCUT2D eigenvalue weighted by atomic mass is 16.7. The van der Waals surface area contributed by atoms with E-state index in [9.17, 15) is 9.59 Å². The second kappa shape index (κ2) is 7.14. The normalized spacial score (nSPS) is 12.9. The zero-order valence-corrected chi connectivity index (χ0v) is 11.0. The first kappa shape index (κ1) is 15.7. The van der Waals surface area contributed by atoms with Crippen LogP contribution in [0.2, 0.25) is 0 Å². The topological polar surface area (TPSA) is 72.8 Å². The molecule has 0 aromatic rings. The first-order valence-electron chi connectivity index (χ1n) is 5.86. The van der Waals surface area contributed by atoms with E-state index in [0.29, 0.717) is 6.61 Å². The Labute approximate surface area is 102 Å². The van der Waals surface area contributed by atoms with Crippen LogP contribution >= 0.6 is 0 Å². The zero-order chi connectivity index (χ0) is 13.5. The van der Waals surface area contributed by atoms with Crippen LogP contribution in [0.4, 0.5) is 4.79 Å². The van der Waals surface area contributed by atoms with E-state index in [1.165, 1.54) is 0 Å². The molecule has 0 aromatic carbocycles. The predicted molar refractivity (Wildman–Crippen MR) is 62.8 cm³/mol. The quantitative estimate of drug-likeness (QED) is 0.552. The summed E-state index contributed by atoms with van der Waals surface area (Å²) >= 11 is 0. The maximum Gasteiger partial charge on any atom is 0.508 e. The van der Waals surface area contributed by atoms with E-state index >= 15 is 0 Å². The lowest BCUT2D eigenvalue weighted by atomic mass is 9.87. The van der Waals surface area contributed by atoms with Crippen molar-refractivity contribution >= 4 is 12.1 Å². The van der Waals surface area contributed by atoms with Gasteiger partial charge in [-0.2, -0.15) is 0 Å². The predicted octanol–water partition coefficient (Wildman–Crippen LogP) is 2.83. The Morgan fingerprint density at radius 2 is 1.94 bits per heavy atom. The Hall–Kier alpha value is -1.26. The number of ether oxygens (including phenoxy) is 2. The highest BCUT2D eigenvalue weighted by Gasteiger charge is 2.30. The summed E-state index contributed by atoms with van der Waals surface area (Å²) in [4.78, 5) is 22.1. The molecule has 0 aromatic heterocycles. The molecular formula is C12H22O5. The molecular weight excluding hydrogens is 224 g/mol. The van der Waals surface area contributed by atoms with E-state index in [4.69, 9.17) is 14.6 Å². The molecule has 100 valence electrons. The number of carbonyl (C=O) groups excluding carboxylic acids is 1. The molecule has 0 aliphatic rings. The Morgan fingerprint density at radius 3 is 2.41 bits per heavy atom. The Balaban J connectivity index is 3.97. The Kier molecular flexibility index (Phi) is 6.61. The fourth-order valence-corrected chi connectivity index (χ4v) is 1.35. The average molecular weight is 246 g/mol. The van der Waals surface area contributed by atoms with Gasteiger partial charge in [0.25, 0.3) is 0 Å². The number of hydrogen-bond acceptors (Lipinski definition) is 4. The third-order valence-corrected chi connectivity index (χ3v) is 2.39. The van der Waals surface area contributed by atoms with Crippen molar-refractivity contribution in [2.45, 2.75) is 53.1 Å². The lowest BCUT2D eigenvalue weighted by Crippen LogP contribution is -2.30. The summed E-state index contributed by atoms with van der Waals surface area (Å²) in [6.07, 6.45) is 0.784. The molecule has 0 spiro atoms. The smallest absolute Gasteiger partial charge is 0.481 e. The SMILES string of the molecule is CCCCOC(=O)OC(C)CC(C)(C)C(=O)O. The van der Waals surface area contributed by atoms with Gasteiger partial charge in [0.2, 0.25) is 0 Å². The van der Waals surface area contributed by atoms with Crippen molar-refractivity contribution in [2.24, 2.45) is 5.41 Å². The van der Waals surface area contributed by atoms with Crippen LogP contribution in [0.1, 0.15) is 47.0 Å². The highest BCUT2D eigenvalue weighted by Crippen LogP contribution is 2.23. The van der Waals surface area contributed by atoms with Gasteiger partial charge in [-0.15, -0.1) is 0 Å². The van der Waals surface area contributed by atoms with Gasteiger partial charge in [-0.05, 0) is 33.6 Å². The van der Waals surface area contributed by atoms with Gasteiger partial charge in [-0.25, -0.2) is 4.79 Å². The second-order valence-electron chi connectivity index (χ2n) is 4.77. The first-order valence-corrected chi connectivity index (χ1v) is 5.86. The van der Waals surface area contributed by atoms with Gasteiger partial charge in [0.05, 0.1) is 12.0 Å². The van der Waals surface area contributed by atoms with Gasteiger partial charge in [0.1, 0.15) is 6.10 Å². The number of carboxylic acids is 1. The van der Waals surface area contributed by atoms with Crippen LogP contribution in [0, 0.1) is 5.41 Å². The molecule has 1 unspecified atom stereocenters. The molecule has 0 aliphatic carbocycles. The molecule has 1 atom stereocenters. The van der Waals surface area contributed by atoms with Crippen molar-refractivity contribution in [3.63, 3.8) is 0 Å². The monoisotopic (exact) mass is 246 g/mol. The van der Waals surface area contributed by atoms with Crippen molar-refractivity contribution < 1.29 is 24.2 Å². The van der Waals surface area contributed by atoms with Crippen molar-refractivity contribution in [1.29, 1.82) is 0 Å². The third kappa shape index (κ3) is 6.81. The van der Waals surface area contributed by atoms with Crippen LogP contribution in [0.5, 0.6) is 0 Å². The van der Waals surface area contributed by atoms with Crippen molar-refractivity contribution in [1.82, 2.24) is 0 Å². The van der Waals surface area contributed by atoms with Crippen LogP contribution < -0.4 is 0 Å². The number of hydrogen-bond donors (Lipinski definition) is 1. The molecule has 17 heavy (non-hydrogen) atoms. The summed E-state index contributed by atoms with van der Waals surface area (Å²) < 4.78 is 9.78. The Morgan fingerprint density at radius 1 is 1.35 bits per heavy atom. The summed E-state index contributed by atoms with van der Waals surface area (Å²) in [7, 11) is 0. The summed E-state index contributed by atoms with van der Waals surface area (Å²) in [5, 5.41) is 8.93. The standard InChI is InChI=1S/C12H22O5/c1-5-6-7-16-11(15)17-9(2)8-12(3,4)10(13)14/h9H,5-8H2,1-4H3,(H,13,14). The number of aliphatic carboxylic acids is 1. The molecule has 0 bridgehead atoms. The first-order chi connectivity index (χ1) is 7.79. The zero-order valence-electron chi connectivity index (χ0n) is 11.0. The highest BCUT2D eigenvalue weighted by molar-refractivity contribution is 5.73. The second-order valence-corrected chi connectivity index (χ2v) is 4.77. The fraction of sp³-hybridized carbons (Fsp3) is 0.833. The van der Waals surface area contributed by atoms with Crippen LogP contribution in [-0.2, 0) is 14.3 Å². The lowest BCUT2D eigenvalue weighted by Gasteiger charge is -2.23. The molecule has 0 radical (unpaired) electrons. The van der Waals surface area contributed by atoms with Crippen molar-refractivity contribution in [3.8, 4) is 0 Å². The molecule has 1 N–H and O–H groups in total. The van der Waals surface area contributed by atoms with E-state index in [1.807, 2.05) is 6.92 Å².